The molecule has 162 valence electrons. The molecule has 0 aliphatic carbocycles. The first kappa shape index (κ1) is 22.7. The minimum absolute atomic E-state index is 0.0677. The predicted octanol–water partition coefficient (Wildman–Crippen LogP) is 6.44. The number of halogens is 3. The number of rotatable bonds is 6. The van der Waals surface area contributed by atoms with E-state index in [1.54, 1.807) is 41.0 Å². The maximum Gasteiger partial charge on any atom is 0.234 e. The average molecular weight is 550 g/mol. The topological polar surface area (TPSA) is 80.0 Å². The van der Waals surface area contributed by atoms with Gasteiger partial charge in [0.2, 0.25) is 5.91 Å². The third-order valence-electron chi connectivity index (χ3n) is 4.41. The highest BCUT2D eigenvalue weighted by Crippen LogP contribution is 2.35. The average Bonchev–Trinajstić information content (AvgIpc) is 3.21. The SMILES string of the molecule is O=C(CSc1nnc(-c2cc(Br)ccc2O)n1-c1ccccc1)Nc1cccc(Cl)c1Cl. The number of nitrogens with one attached hydrogen (secondary N) is 1. The molecule has 1 aromatic heterocycles. The molecule has 0 atom stereocenters. The van der Waals surface area contributed by atoms with Crippen LogP contribution in [0.2, 0.25) is 10.0 Å². The van der Waals surface area contributed by atoms with Crippen LogP contribution in [-0.2, 0) is 4.79 Å². The Morgan fingerprint density at radius 2 is 1.84 bits per heavy atom. The van der Waals surface area contributed by atoms with E-state index in [1.165, 1.54) is 11.8 Å². The molecule has 6 nitrogen and oxygen atoms in total. The summed E-state index contributed by atoms with van der Waals surface area (Å²) in [6.07, 6.45) is 0. The number of benzene rings is 3. The quantitative estimate of drug-likeness (QED) is 0.270. The van der Waals surface area contributed by atoms with Crippen molar-refractivity contribution in [2.24, 2.45) is 0 Å². The van der Waals surface area contributed by atoms with Gasteiger partial charge >= 0.3 is 0 Å². The van der Waals surface area contributed by atoms with Gasteiger partial charge in [-0.3, -0.25) is 9.36 Å². The zero-order valence-corrected chi connectivity index (χ0v) is 20.2. The van der Waals surface area contributed by atoms with Crippen LogP contribution in [0.3, 0.4) is 0 Å². The first-order valence-electron chi connectivity index (χ1n) is 9.30. The highest BCUT2D eigenvalue weighted by atomic mass is 79.9. The molecule has 0 spiro atoms. The Morgan fingerprint density at radius 3 is 2.62 bits per heavy atom. The van der Waals surface area contributed by atoms with E-state index in [0.717, 1.165) is 10.2 Å². The number of phenols is 1. The van der Waals surface area contributed by atoms with Gasteiger partial charge in [0.1, 0.15) is 5.75 Å². The van der Waals surface area contributed by atoms with Crippen molar-refractivity contribution < 1.29 is 9.90 Å². The summed E-state index contributed by atoms with van der Waals surface area (Å²) in [5, 5.41) is 22.9. The first-order valence-corrected chi connectivity index (χ1v) is 11.8. The molecule has 0 saturated heterocycles. The summed E-state index contributed by atoms with van der Waals surface area (Å²) < 4.78 is 2.59. The second kappa shape index (κ2) is 9.95. The van der Waals surface area contributed by atoms with Gasteiger partial charge in [-0.2, -0.15) is 0 Å². The normalized spacial score (nSPS) is 10.8. The van der Waals surface area contributed by atoms with Gasteiger partial charge in [-0.05, 0) is 42.5 Å². The standard InChI is InChI=1S/C22H15BrCl2N4O2S/c23-13-9-10-18(30)15(11-13)21-27-28-22(29(21)14-5-2-1-3-6-14)32-12-19(31)26-17-8-4-7-16(24)20(17)25/h1-11,30H,12H2,(H,26,31). The molecule has 4 aromatic rings. The van der Waals surface area contributed by atoms with Crippen LogP contribution in [0.15, 0.2) is 76.4 Å². The largest absolute Gasteiger partial charge is 0.507 e. The number of amides is 1. The highest BCUT2D eigenvalue weighted by Gasteiger charge is 2.20. The van der Waals surface area contributed by atoms with E-state index < -0.39 is 0 Å². The number of phenolic OH excluding ortho intramolecular Hbond substituents is 1. The first-order chi connectivity index (χ1) is 15.4. The van der Waals surface area contributed by atoms with Crippen molar-refractivity contribution >= 4 is 62.5 Å². The summed E-state index contributed by atoms with van der Waals surface area (Å²) in [6.45, 7) is 0. The Hall–Kier alpha value is -2.52. The molecule has 1 heterocycles. The molecule has 0 radical (unpaired) electrons. The number of para-hydroxylation sites is 1. The number of carbonyl (C=O) groups is 1. The number of aromatic hydroxyl groups is 1. The van der Waals surface area contributed by atoms with E-state index in [9.17, 15) is 9.90 Å². The molecular weight excluding hydrogens is 535 g/mol. The van der Waals surface area contributed by atoms with E-state index in [1.807, 2.05) is 30.3 Å². The van der Waals surface area contributed by atoms with E-state index >= 15 is 0 Å². The third kappa shape index (κ3) is 4.94. The Labute approximate surface area is 206 Å². The maximum atomic E-state index is 12.5. The molecule has 32 heavy (non-hydrogen) atoms. The maximum absolute atomic E-state index is 12.5. The molecule has 0 fully saturated rings. The fourth-order valence-corrected chi connectivity index (χ4v) is 4.41. The van der Waals surface area contributed by atoms with Gasteiger partial charge in [0, 0.05) is 10.2 Å². The Balaban J connectivity index is 1.63. The Kier molecular flexibility index (Phi) is 7.05. The molecule has 2 N–H and O–H groups in total. The minimum atomic E-state index is -0.270. The van der Waals surface area contributed by atoms with Crippen molar-refractivity contribution in [2.75, 3.05) is 11.1 Å². The second-order valence-corrected chi connectivity index (χ2v) is 9.22. The lowest BCUT2D eigenvalue weighted by atomic mass is 10.2. The van der Waals surface area contributed by atoms with Crippen molar-refractivity contribution in [3.63, 3.8) is 0 Å². The van der Waals surface area contributed by atoms with Crippen LogP contribution in [0.25, 0.3) is 17.1 Å². The van der Waals surface area contributed by atoms with Gasteiger partial charge in [-0.25, -0.2) is 0 Å². The lowest BCUT2D eigenvalue weighted by molar-refractivity contribution is -0.113. The predicted molar refractivity (Wildman–Crippen MR) is 132 cm³/mol. The van der Waals surface area contributed by atoms with E-state index in [-0.39, 0.29) is 22.4 Å². The Bertz CT molecular complexity index is 1280. The molecule has 10 heteroatoms. The number of carbonyl (C=O) groups excluding carboxylic acids is 1. The summed E-state index contributed by atoms with van der Waals surface area (Å²) >= 11 is 16.8. The molecule has 0 bridgehead atoms. The summed E-state index contributed by atoms with van der Waals surface area (Å²) in [5.41, 5.74) is 1.75. The van der Waals surface area contributed by atoms with Crippen molar-refractivity contribution in [3.8, 4) is 22.8 Å². The highest BCUT2D eigenvalue weighted by molar-refractivity contribution is 9.10. The van der Waals surface area contributed by atoms with Crippen molar-refractivity contribution in [2.45, 2.75) is 5.16 Å². The van der Waals surface area contributed by atoms with Crippen LogP contribution < -0.4 is 5.32 Å². The van der Waals surface area contributed by atoms with E-state index in [0.29, 0.717) is 27.3 Å². The molecule has 0 aliphatic heterocycles. The monoisotopic (exact) mass is 548 g/mol. The lowest BCUT2D eigenvalue weighted by Crippen LogP contribution is -2.15. The number of nitrogens with zero attached hydrogens (tertiary/aromatic N) is 3. The summed E-state index contributed by atoms with van der Waals surface area (Å²) in [5.74, 6) is 0.324. The van der Waals surface area contributed by atoms with Gasteiger partial charge in [0.15, 0.2) is 11.0 Å². The van der Waals surface area contributed by atoms with Crippen molar-refractivity contribution in [1.82, 2.24) is 14.8 Å². The van der Waals surface area contributed by atoms with Crippen LogP contribution in [0.5, 0.6) is 5.75 Å². The van der Waals surface area contributed by atoms with Crippen LogP contribution >= 0.6 is 50.9 Å². The van der Waals surface area contributed by atoms with Gasteiger partial charge < -0.3 is 10.4 Å². The second-order valence-electron chi connectivity index (χ2n) is 6.58. The zero-order chi connectivity index (χ0) is 22.7. The Morgan fingerprint density at radius 1 is 1.06 bits per heavy atom. The fraction of sp³-hybridized carbons (Fsp3) is 0.0455. The number of aromatic nitrogens is 3. The van der Waals surface area contributed by atoms with Crippen molar-refractivity contribution in [3.05, 3.63) is 81.2 Å². The van der Waals surface area contributed by atoms with Crippen LogP contribution in [0, 0.1) is 0 Å². The van der Waals surface area contributed by atoms with Gasteiger partial charge in [-0.1, -0.05) is 75.2 Å². The minimum Gasteiger partial charge on any atom is -0.507 e. The number of thioether (sulfide) groups is 1. The summed E-state index contributed by atoms with van der Waals surface area (Å²) in [6, 6.07) is 19.6. The molecule has 0 aliphatic rings. The lowest BCUT2D eigenvalue weighted by Gasteiger charge is -2.12. The number of hydrogen-bond donors (Lipinski definition) is 2. The molecule has 0 saturated carbocycles. The molecule has 4 rings (SSSR count). The molecule has 3 aromatic carbocycles. The molecule has 1 amide bonds. The number of hydrogen-bond acceptors (Lipinski definition) is 5. The fourth-order valence-electron chi connectivity index (χ4n) is 2.95. The van der Waals surface area contributed by atoms with E-state index in [2.05, 4.69) is 31.4 Å². The van der Waals surface area contributed by atoms with Crippen molar-refractivity contribution in [1.29, 1.82) is 0 Å². The van der Waals surface area contributed by atoms with Crippen LogP contribution in [0.4, 0.5) is 5.69 Å². The summed E-state index contributed by atoms with van der Waals surface area (Å²) in [7, 11) is 0. The van der Waals surface area contributed by atoms with Crippen LogP contribution in [-0.4, -0.2) is 31.5 Å². The third-order valence-corrected chi connectivity index (χ3v) is 6.65. The van der Waals surface area contributed by atoms with Gasteiger partial charge in [0.25, 0.3) is 0 Å². The van der Waals surface area contributed by atoms with E-state index in [4.69, 9.17) is 23.2 Å². The summed E-state index contributed by atoms with van der Waals surface area (Å²) in [4.78, 5) is 12.5. The van der Waals surface area contributed by atoms with Gasteiger partial charge in [0.05, 0.1) is 27.0 Å². The van der Waals surface area contributed by atoms with Crippen LogP contribution in [0.1, 0.15) is 0 Å². The number of anilines is 1. The smallest absolute Gasteiger partial charge is 0.234 e. The zero-order valence-electron chi connectivity index (χ0n) is 16.3. The molecule has 0 unspecified atom stereocenters. The van der Waals surface area contributed by atoms with Gasteiger partial charge in [-0.15, -0.1) is 10.2 Å². The molecular formula is C22H15BrCl2N4O2S.